The normalized spacial score (nSPS) is 19.0. The number of aromatic nitrogens is 2. The maximum absolute atomic E-state index is 12.3. The number of nitrogens with one attached hydrogen (secondary N) is 1. The van der Waals surface area contributed by atoms with Crippen LogP contribution in [0.4, 0.5) is 0 Å². The molecule has 0 unspecified atom stereocenters. The number of amides is 1. The molecule has 1 aromatic heterocycles. The average Bonchev–Trinajstić information content (AvgIpc) is 3.20. The van der Waals surface area contributed by atoms with Crippen molar-refractivity contribution in [3.63, 3.8) is 0 Å². The zero-order valence-corrected chi connectivity index (χ0v) is 14.5. The highest BCUT2D eigenvalue weighted by Gasteiger charge is 2.35. The van der Waals surface area contributed by atoms with Gasteiger partial charge in [0.25, 0.3) is 0 Å². The SMILES string of the molecule is O=C(CCc1nc(C2CC2)no1)NCC1(c2ccccc2)CCCC1. The molecule has 2 aliphatic carbocycles. The summed E-state index contributed by atoms with van der Waals surface area (Å²) >= 11 is 0. The molecular weight excluding hydrogens is 314 g/mol. The second-order valence-corrected chi connectivity index (χ2v) is 7.45. The molecule has 2 fully saturated rings. The van der Waals surface area contributed by atoms with Crippen molar-refractivity contribution in [3.05, 3.63) is 47.6 Å². The van der Waals surface area contributed by atoms with Gasteiger partial charge in [0.2, 0.25) is 11.8 Å². The van der Waals surface area contributed by atoms with Gasteiger partial charge in [-0.25, -0.2) is 0 Å². The van der Waals surface area contributed by atoms with Gasteiger partial charge in [0.1, 0.15) is 0 Å². The number of rotatable bonds is 7. The van der Waals surface area contributed by atoms with Crippen LogP contribution in [0, 0.1) is 0 Å². The minimum absolute atomic E-state index is 0.0633. The number of hydrogen-bond donors (Lipinski definition) is 1. The fraction of sp³-hybridized carbons (Fsp3) is 0.550. The van der Waals surface area contributed by atoms with Crippen molar-refractivity contribution in [2.45, 2.75) is 62.7 Å². The van der Waals surface area contributed by atoms with Gasteiger partial charge >= 0.3 is 0 Å². The van der Waals surface area contributed by atoms with E-state index in [0.29, 0.717) is 31.2 Å². The van der Waals surface area contributed by atoms with E-state index in [0.717, 1.165) is 31.5 Å². The maximum atomic E-state index is 12.3. The standard InChI is InChI=1S/C20H25N3O2/c24-17(10-11-18-22-19(23-25-18)15-8-9-15)21-14-20(12-4-5-13-20)16-6-2-1-3-7-16/h1-3,6-7,15H,4-5,8-14H2,(H,21,24). The van der Waals surface area contributed by atoms with Crippen LogP contribution in [0.25, 0.3) is 0 Å². The Morgan fingerprint density at radius 2 is 1.96 bits per heavy atom. The molecule has 1 aromatic carbocycles. The maximum Gasteiger partial charge on any atom is 0.227 e. The van der Waals surface area contributed by atoms with Crippen LogP contribution in [0.2, 0.25) is 0 Å². The quantitative estimate of drug-likeness (QED) is 0.838. The number of hydrogen-bond acceptors (Lipinski definition) is 4. The Morgan fingerprint density at radius 3 is 2.68 bits per heavy atom. The zero-order chi connectivity index (χ0) is 17.1. The molecule has 0 bridgehead atoms. The summed E-state index contributed by atoms with van der Waals surface area (Å²) in [6, 6.07) is 10.6. The fourth-order valence-electron chi connectivity index (χ4n) is 3.86. The van der Waals surface area contributed by atoms with Crippen LogP contribution >= 0.6 is 0 Å². The molecule has 0 aliphatic heterocycles. The van der Waals surface area contributed by atoms with Gasteiger partial charge in [-0.1, -0.05) is 48.3 Å². The highest BCUT2D eigenvalue weighted by atomic mass is 16.5. The summed E-state index contributed by atoms with van der Waals surface area (Å²) in [6.07, 6.45) is 7.98. The summed E-state index contributed by atoms with van der Waals surface area (Å²) in [5.41, 5.74) is 1.44. The average molecular weight is 339 g/mol. The summed E-state index contributed by atoms with van der Waals surface area (Å²) < 4.78 is 5.24. The Hall–Kier alpha value is -2.17. The first-order chi connectivity index (χ1) is 12.3. The Balaban J connectivity index is 1.30. The lowest BCUT2D eigenvalue weighted by Crippen LogP contribution is -2.39. The van der Waals surface area contributed by atoms with Gasteiger partial charge in [-0.3, -0.25) is 4.79 Å². The molecule has 0 spiro atoms. The second-order valence-electron chi connectivity index (χ2n) is 7.45. The number of carbonyl (C=O) groups is 1. The molecular formula is C20H25N3O2. The predicted molar refractivity (Wildman–Crippen MR) is 94.2 cm³/mol. The highest BCUT2D eigenvalue weighted by molar-refractivity contribution is 5.76. The van der Waals surface area contributed by atoms with Gasteiger partial charge in [-0.05, 0) is 31.2 Å². The fourth-order valence-corrected chi connectivity index (χ4v) is 3.86. The third-order valence-corrected chi connectivity index (χ3v) is 5.56. The first kappa shape index (κ1) is 16.3. The zero-order valence-electron chi connectivity index (χ0n) is 14.5. The van der Waals surface area contributed by atoms with Gasteiger partial charge in [0.05, 0.1) is 0 Å². The van der Waals surface area contributed by atoms with Gasteiger partial charge in [-0.2, -0.15) is 4.98 Å². The van der Waals surface area contributed by atoms with Crippen molar-refractivity contribution < 1.29 is 9.32 Å². The van der Waals surface area contributed by atoms with Crippen molar-refractivity contribution in [1.82, 2.24) is 15.5 Å². The molecule has 5 heteroatoms. The van der Waals surface area contributed by atoms with E-state index in [4.69, 9.17) is 4.52 Å². The molecule has 5 nitrogen and oxygen atoms in total. The number of carbonyl (C=O) groups excluding carboxylic acids is 1. The molecule has 0 atom stereocenters. The largest absolute Gasteiger partial charge is 0.355 e. The molecule has 2 aliphatic rings. The van der Waals surface area contributed by atoms with Crippen LogP contribution in [-0.4, -0.2) is 22.6 Å². The molecule has 2 saturated carbocycles. The smallest absolute Gasteiger partial charge is 0.227 e. The minimum Gasteiger partial charge on any atom is -0.355 e. The Bertz CT molecular complexity index is 716. The van der Waals surface area contributed by atoms with E-state index in [-0.39, 0.29) is 11.3 Å². The topological polar surface area (TPSA) is 68.0 Å². The van der Waals surface area contributed by atoms with E-state index in [1.54, 1.807) is 0 Å². The van der Waals surface area contributed by atoms with Gasteiger partial charge in [-0.15, -0.1) is 0 Å². The van der Waals surface area contributed by atoms with Crippen molar-refractivity contribution in [1.29, 1.82) is 0 Å². The van der Waals surface area contributed by atoms with E-state index in [9.17, 15) is 4.79 Å². The number of nitrogens with zero attached hydrogens (tertiary/aromatic N) is 2. The third kappa shape index (κ3) is 3.75. The number of benzene rings is 1. The van der Waals surface area contributed by atoms with E-state index in [1.165, 1.54) is 18.4 Å². The Kier molecular flexibility index (Phi) is 4.55. The van der Waals surface area contributed by atoms with Gasteiger partial charge in [0.15, 0.2) is 5.82 Å². The van der Waals surface area contributed by atoms with Crippen molar-refractivity contribution in [2.75, 3.05) is 6.54 Å². The summed E-state index contributed by atoms with van der Waals surface area (Å²) in [4.78, 5) is 16.7. The minimum atomic E-state index is 0.0633. The molecule has 1 heterocycles. The molecule has 132 valence electrons. The molecule has 1 N–H and O–H groups in total. The summed E-state index contributed by atoms with van der Waals surface area (Å²) in [6.45, 7) is 0.715. The molecule has 2 aromatic rings. The van der Waals surface area contributed by atoms with Crippen molar-refractivity contribution in [3.8, 4) is 0 Å². The predicted octanol–water partition coefficient (Wildman–Crippen LogP) is 3.51. The van der Waals surface area contributed by atoms with Crippen molar-refractivity contribution >= 4 is 5.91 Å². The third-order valence-electron chi connectivity index (χ3n) is 5.56. The highest BCUT2D eigenvalue weighted by Crippen LogP contribution is 2.40. The first-order valence-corrected chi connectivity index (χ1v) is 9.40. The summed E-state index contributed by atoms with van der Waals surface area (Å²) in [5.74, 6) is 1.94. The van der Waals surface area contributed by atoms with E-state index < -0.39 is 0 Å². The summed E-state index contributed by atoms with van der Waals surface area (Å²) in [7, 11) is 0. The van der Waals surface area contributed by atoms with Crippen molar-refractivity contribution in [2.24, 2.45) is 0 Å². The van der Waals surface area contributed by atoms with Crippen LogP contribution in [0.3, 0.4) is 0 Å². The lowest BCUT2D eigenvalue weighted by molar-refractivity contribution is -0.121. The lowest BCUT2D eigenvalue weighted by atomic mass is 9.79. The molecule has 0 saturated heterocycles. The lowest BCUT2D eigenvalue weighted by Gasteiger charge is -2.30. The van der Waals surface area contributed by atoms with Crippen LogP contribution < -0.4 is 5.32 Å². The Labute approximate surface area is 148 Å². The van der Waals surface area contributed by atoms with Crippen LogP contribution in [-0.2, 0) is 16.6 Å². The van der Waals surface area contributed by atoms with E-state index in [1.807, 2.05) is 6.07 Å². The van der Waals surface area contributed by atoms with E-state index >= 15 is 0 Å². The van der Waals surface area contributed by atoms with E-state index in [2.05, 4.69) is 39.7 Å². The molecule has 1 amide bonds. The summed E-state index contributed by atoms with van der Waals surface area (Å²) in [5, 5.41) is 7.15. The first-order valence-electron chi connectivity index (χ1n) is 9.40. The van der Waals surface area contributed by atoms with Gasteiger partial charge < -0.3 is 9.84 Å². The monoisotopic (exact) mass is 339 g/mol. The molecule has 25 heavy (non-hydrogen) atoms. The number of aryl methyl sites for hydroxylation is 1. The molecule has 4 rings (SSSR count). The van der Waals surface area contributed by atoms with Crippen LogP contribution in [0.15, 0.2) is 34.9 Å². The Morgan fingerprint density at radius 1 is 1.20 bits per heavy atom. The second kappa shape index (κ2) is 6.98. The molecule has 0 radical (unpaired) electrons. The van der Waals surface area contributed by atoms with Crippen LogP contribution in [0.5, 0.6) is 0 Å². The van der Waals surface area contributed by atoms with Crippen LogP contribution in [0.1, 0.15) is 68.1 Å². The van der Waals surface area contributed by atoms with Gasteiger partial charge in [0, 0.05) is 30.7 Å².